The van der Waals surface area contributed by atoms with Crippen LogP contribution in [0, 0.1) is 0 Å². The van der Waals surface area contributed by atoms with Crippen molar-refractivity contribution in [2.75, 3.05) is 20.8 Å². The monoisotopic (exact) mass is 329 g/mol. The molecule has 1 unspecified atom stereocenters. The molecule has 0 saturated heterocycles. The Kier molecular flexibility index (Phi) is 6.21. The minimum Gasteiger partial charge on any atom is -0.493 e. The Morgan fingerprint density at radius 1 is 1.08 bits per heavy atom. The lowest BCUT2D eigenvalue weighted by molar-refractivity contribution is -0.144. The van der Waals surface area contributed by atoms with E-state index in [0.717, 1.165) is 16.7 Å². The number of methoxy groups -OCH3 is 2. The van der Waals surface area contributed by atoms with Gasteiger partial charge < -0.3 is 19.9 Å². The molecule has 0 bridgehead atoms. The van der Waals surface area contributed by atoms with Gasteiger partial charge >= 0.3 is 5.97 Å². The Morgan fingerprint density at radius 3 is 2.46 bits per heavy atom. The van der Waals surface area contributed by atoms with Gasteiger partial charge in [-0.2, -0.15) is 0 Å². The van der Waals surface area contributed by atoms with E-state index in [9.17, 15) is 4.79 Å². The number of hydrogen-bond donors (Lipinski definition) is 1. The van der Waals surface area contributed by atoms with Gasteiger partial charge in [-0.3, -0.25) is 4.79 Å². The molecule has 2 aromatic rings. The van der Waals surface area contributed by atoms with Crippen molar-refractivity contribution in [1.82, 2.24) is 0 Å². The predicted octanol–water partition coefficient (Wildman–Crippen LogP) is 2.80. The van der Waals surface area contributed by atoms with E-state index in [1.54, 1.807) is 21.1 Å². The fraction of sp³-hybridized carbons (Fsp3) is 0.316. The Balaban J connectivity index is 2.33. The fourth-order valence-corrected chi connectivity index (χ4v) is 2.55. The summed E-state index contributed by atoms with van der Waals surface area (Å²) in [6, 6.07) is 12.9. The smallest absolute Gasteiger partial charge is 0.323 e. The molecule has 0 heterocycles. The van der Waals surface area contributed by atoms with Gasteiger partial charge in [-0.05, 0) is 42.2 Å². The number of hydrogen-bond acceptors (Lipinski definition) is 5. The summed E-state index contributed by atoms with van der Waals surface area (Å²) in [6.07, 6.45) is 0.406. The van der Waals surface area contributed by atoms with Crippen LogP contribution in [0.3, 0.4) is 0 Å². The highest BCUT2D eigenvalue weighted by Crippen LogP contribution is 2.33. The molecule has 0 amide bonds. The van der Waals surface area contributed by atoms with Gasteiger partial charge in [0.05, 0.1) is 20.8 Å². The van der Waals surface area contributed by atoms with Crippen molar-refractivity contribution in [1.29, 1.82) is 0 Å². The number of carbonyl (C=O) groups excluding carboxylic acids is 1. The van der Waals surface area contributed by atoms with Crippen LogP contribution < -0.4 is 15.2 Å². The molecule has 2 rings (SSSR count). The molecule has 0 fully saturated rings. The second kappa shape index (κ2) is 8.36. The maximum absolute atomic E-state index is 11.8. The summed E-state index contributed by atoms with van der Waals surface area (Å²) in [5.41, 5.74) is 8.91. The van der Waals surface area contributed by atoms with Gasteiger partial charge in [-0.25, -0.2) is 0 Å². The summed E-state index contributed by atoms with van der Waals surface area (Å²) in [4.78, 5) is 11.8. The van der Waals surface area contributed by atoms with E-state index in [2.05, 4.69) is 0 Å². The summed E-state index contributed by atoms with van der Waals surface area (Å²) >= 11 is 0. The SMILES string of the molecule is CCOC(=O)C(N)Cc1ccccc1-c1ccc(OC)c(OC)c1. The first kappa shape index (κ1) is 17.8. The van der Waals surface area contributed by atoms with Gasteiger partial charge in [-0.15, -0.1) is 0 Å². The van der Waals surface area contributed by atoms with Crippen molar-refractivity contribution < 1.29 is 19.0 Å². The van der Waals surface area contributed by atoms with E-state index < -0.39 is 6.04 Å². The Bertz CT molecular complexity index is 700. The van der Waals surface area contributed by atoms with Crippen molar-refractivity contribution in [2.24, 2.45) is 5.73 Å². The predicted molar refractivity (Wildman–Crippen MR) is 93.3 cm³/mol. The Labute approximate surface area is 142 Å². The van der Waals surface area contributed by atoms with Crippen LogP contribution >= 0.6 is 0 Å². The minimum absolute atomic E-state index is 0.323. The second-order valence-corrected chi connectivity index (χ2v) is 5.29. The van der Waals surface area contributed by atoms with Crippen LogP contribution in [0.5, 0.6) is 11.5 Å². The van der Waals surface area contributed by atoms with Crippen LogP contribution in [0.2, 0.25) is 0 Å². The number of rotatable bonds is 7. The van der Waals surface area contributed by atoms with Crippen molar-refractivity contribution in [3.05, 3.63) is 48.0 Å². The minimum atomic E-state index is -0.689. The van der Waals surface area contributed by atoms with Gasteiger partial charge in [0.25, 0.3) is 0 Å². The van der Waals surface area contributed by atoms with E-state index in [1.165, 1.54) is 0 Å². The maximum atomic E-state index is 11.8. The van der Waals surface area contributed by atoms with Crippen LogP contribution in [-0.2, 0) is 16.0 Å². The summed E-state index contributed by atoms with van der Waals surface area (Å²) in [5, 5.41) is 0. The van der Waals surface area contributed by atoms with E-state index in [0.29, 0.717) is 24.5 Å². The molecule has 0 radical (unpaired) electrons. The lowest BCUT2D eigenvalue weighted by atomic mass is 9.95. The summed E-state index contributed by atoms with van der Waals surface area (Å²) in [7, 11) is 3.20. The van der Waals surface area contributed by atoms with E-state index in [1.807, 2.05) is 42.5 Å². The zero-order valence-electron chi connectivity index (χ0n) is 14.2. The zero-order chi connectivity index (χ0) is 17.5. The Morgan fingerprint density at radius 2 is 1.79 bits per heavy atom. The second-order valence-electron chi connectivity index (χ2n) is 5.29. The largest absolute Gasteiger partial charge is 0.493 e. The highest BCUT2D eigenvalue weighted by atomic mass is 16.5. The molecular formula is C19H23NO4. The molecule has 5 heteroatoms. The van der Waals surface area contributed by atoms with Gasteiger partial charge in [-0.1, -0.05) is 30.3 Å². The van der Waals surface area contributed by atoms with Gasteiger partial charge in [0, 0.05) is 0 Å². The normalized spacial score (nSPS) is 11.7. The molecule has 5 nitrogen and oxygen atoms in total. The molecule has 24 heavy (non-hydrogen) atoms. The highest BCUT2D eigenvalue weighted by molar-refractivity contribution is 5.77. The number of carbonyl (C=O) groups is 1. The zero-order valence-corrected chi connectivity index (χ0v) is 14.2. The standard InChI is InChI=1S/C19H23NO4/c1-4-24-19(21)16(20)11-13-7-5-6-8-15(13)14-9-10-17(22-2)18(12-14)23-3/h5-10,12,16H,4,11,20H2,1-3H3. The van der Waals surface area contributed by atoms with Crippen LogP contribution in [0.15, 0.2) is 42.5 Å². The first-order valence-electron chi connectivity index (χ1n) is 7.83. The maximum Gasteiger partial charge on any atom is 0.323 e. The fourth-order valence-electron chi connectivity index (χ4n) is 2.55. The topological polar surface area (TPSA) is 70.8 Å². The lowest BCUT2D eigenvalue weighted by Crippen LogP contribution is -2.34. The summed E-state index contributed by atoms with van der Waals surface area (Å²) in [5.74, 6) is 0.932. The van der Waals surface area contributed by atoms with E-state index in [-0.39, 0.29) is 5.97 Å². The molecule has 2 N–H and O–H groups in total. The molecule has 0 aromatic heterocycles. The summed E-state index contributed by atoms with van der Waals surface area (Å²) in [6.45, 7) is 2.09. The average Bonchev–Trinajstić information content (AvgIpc) is 2.61. The quantitative estimate of drug-likeness (QED) is 0.791. The Hall–Kier alpha value is -2.53. The van der Waals surface area contributed by atoms with Crippen molar-refractivity contribution in [3.63, 3.8) is 0 Å². The number of ether oxygens (including phenoxy) is 3. The molecule has 2 aromatic carbocycles. The number of nitrogens with two attached hydrogens (primary N) is 1. The molecule has 0 aliphatic carbocycles. The van der Waals surface area contributed by atoms with E-state index >= 15 is 0 Å². The third-order valence-electron chi connectivity index (χ3n) is 3.74. The first-order valence-corrected chi connectivity index (χ1v) is 7.83. The summed E-state index contributed by atoms with van der Waals surface area (Å²) < 4.78 is 15.6. The number of esters is 1. The van der Waals surface area contributed by atoms with Crippen molar-refractivity contribution in [2.45, 2.75) is 19.4 Å². The average molecular weight is 329 g/mol. The third kappa shape index (κ3) is 4.06. The highest BCUT2D eigenvalue weighted by Gasteiger charge is 2.17. The van der Waals surface area contributed by atoms with Crippen LogP contribution in [0.25, 0.3) is 11.1 Å². The molecule has 0 aliphatic rings. The van der Waals surface area contributed by atoms with Crippen LogP contribution in [0.1, 0.15) is 12.5 Å². The lowest BCUT2D eigenvalue weighted by Gasteiger charge is -2.15. The van der Waals surface area contributed by atoms with Crippen LogP contribution in [0.4, 0.5) is 0 Å². The van der Waals surface area contributed by atoms with E-state index in [4.69, 9.17) is 19.9 Å². The van der Waals surface area contributed by atoms with Gasteiger partial charge in [0.2, 0.25) is 0 Å². The molecule has 1 atom stereocenters. The molecule has 0 saturated carbocycles. The number of benzene rings is 2. The first-order chi connectivity index (χ1) is 11.6. The van der Waals surface area contributed by atoms with Gasteiger partial charge in [0.15, 0.2) is 11.5 Å². The van der Waals surface area contributed by atoms with Crippen LogP contribution in [-0.4, -0.2) is 32.8 Å². The van der Waals surface area contributed by atoms with Gasteiger partial charge in [0.1, 0.15) is 6.04 Å². The molecule has 128 valence electrons. The molecule has 0 spiro atoms. The molecule has 0 aliphatic heterocycles. The molecular weight excluding hydrogens is 306 g/mol. The third-order valence-corrected chi connectivity index (χ3v) is 3.74. The van der Waals surface area contributed by atoms with Crippen molar-refractivity contribution >= 4 is 5.97 Å². The van der Waals surface area contributed by atoms with Crippen molar-refractivity contribution in [3.8, 4) is 22.6 Å².